The van der Waals surface area contributed by atoms with E-state index in [1.54, 1.807) is 6.07 Å². The Bertz CT molecular complexity index is 527. The van der Waals surface area contributed by atoms with Crippen molar-refractivity contribution in [1.29, 1.82) is 0 Å². The summed E-state index contributed by atoms with van der Waals surface area (Å²) in [6.45, 7) is 2.01. The first-order valence-corrected chi connectivity index (χ1v) is 6.57. The first-order valence-electron chi connectivity index (χ1n) is 6.19. The van der Waals surface area contributed by atoms with Gasteiger partial charge in [0.1, 0.15) is 10.7 Å². The molecule has 1 heterocycles. The largest absolute Gasteiger partial charge is 0.480 e. The number of carbonyl (C=O) groups excluding carboxylic acids is 1. The molecule has 2 N–H and O–H groups in total. The van der Waals surface area contributed by atoms with E-state index in [4.69, 9.17) is 16.7 Å². The van der Waals surface area contributed by atoms with E-state index in [1.807, 2.05) is 6.92 Å². The first kappa shape index (κ1) is 13.8. The zero-order valence-electron chi connectivity index (χ0n) is 10.6. The predicted octanol–water partition coefficient (Wildman–Crippen LogP) is 2.03. The van der Waals surface area contributed by atoms with Gasteiger partial charge in [0.15, 0.2) is 0 Å². The number of carboxylic acid groups (broad SMARTS) is 1. The molecule has 1 aliphatic rings. The highest BCUT2D eigenvalue weighted by molar-refractivity contribution is 6.29. The molecule has 2 rings (SSSR count). The van der Waals surface area contributed by atoms with Crippen LogP contribution < -0.4 is 5.32 Å². The molecule has 0 atom stereocenters. The molecule has 102 valence electrons. The summed E-state index contributed by atoms with van der Waals surface area (Å²) in [6.07, 6.45) is 2.56. The molecule has 0 bridgehead atoms. The van der Waals surface area contributed by atoms with Crippen LogP contribution in [0, 0.1) is 0 Å². The molecule has 1 amide bonds. The zero-order chi connectivity index (χ0) is 14.0. The molecule has 0 aliphatic heterocycles. The summed E-state index contributed by atoms with van der Waals surface area (Å²) in [7, 11) is 0. The average Bonchev–Trinajstić information content (AvgIpc) is 3.09. The molecule has 5 nitrogen and oxygen atoms in total. The molecule has 1 aromatic heterocycles. The van der Waals surface area contributed by atoms with Crippen molar-refractivity contribution >= 4 is 23.5 Å². The summed E-state index contributed by atoms with van der Waals surface area (Å²) in [6, 6.07) is 3.11. The summed E-state index contributed by atoms with van der Waals surface area (Å²) < 4.78 is 0. The normalized spacial score (nSPS) is 15.9. The number of halogens is 1. The van der Waals surface area contributed by atoms with Crippen molar-refractivity contribution in [3.05, 3.63) is 28.5 Å². The van der Waals surface area contributed by atoms with Crippen molar-refractivity contribution in [2.24, 2.45) is 0 Å². The maximum Gasteiger partial charge on any atom is 0.329 e. The summed E-state index contributed by atoms with van der Waals surface area (Å²) in [4.78, 5) is 27.2. The van der Waals surface area contributed by atoms with E-state index in [2.05, 4.69) is 10.3 Å². The standard InChI is InChI=1S/C13H15ClN2O3/c1-2-3-9-6-8(7-10(14)15-9)11(17)16-13(4-5-13)12(18)19/h6-7H,2-5H2,1H3,(H,16,17)(H,18,19). The molecule has 1 saturated carbocycles. The Morgan fingerprint density at radius 2 is 2.16 bits per heavy atom. The Labute approximate surface area is 116 Å². The minimum Gasteiger partial charge on any atom is -0.480 e. The number of aliphatic carboxylic acids is 1. The van der Waals surface area contributed by atoms with Gasteiger partial charge < -0.3 is 10.4 Å². The van der Waals surface area contributed by atoms with Crippen molar-refractivity contribution in [2.75, 3.05) is 0 Å². The molecule has 6 heteroatoms. The van der Waals surface area contributed by atoms with Gasteiger partial charge in [-0.2, -0.15) is 0 Å². The minimum absolute atomic E-state index is 0.247. The van der Waals surface area contributed by atoms with Gasteiger partial charge in [0, 0.05) is 11.3 Å². The van der Waals surface area contributed by atoms with Crippen LogP contribution in [0.5, 0.6) is 0 Å². The summed E-state index contributed by atoms with van der Waals surface area (Å²) in [5, 5.41) is 11.8. The number of hydrogen-bond donors (Lipinski definition) is 2. The van der Waals surface area contributed by atoms with E-state index in [9.17, 15) is 9.59 Å². The monoisotopic (exact) mass is 282 g/mol. The Kier molecular flexibility index (Phi) is 3.75. The number of amides is 1. The summed E-state index contributed by atoms with van der Waals surface area (Å²) >= 11 is 5.87. The van der Waals surface area contributed by atoms with Crippen molar-refractivity contribution in [2.45, 2.75) is 38.1 Å². The molecular formula is C13H15ClN2O3. The predicted molar refractivity (Wildman–Crippen MR) is 70.3 cm³/mol. The number of carboxylic acids is 1. The molecule has 1 aromatic rings. The Hall–Kier alpha value is -1.62. The van der Waals surface area contributed by atoms with Gasteiger partial charge >= 0.3 is 5.97 Å². The number of carbonyl (C=O) groups is 2. The molecule has 0 radical (unpaired) electrons. The number of nitrogens with zero attached hydrogens (tertiary/aromatic N) is 1. The van der Waals surface area contributed by atoms with Crippen LogP contribution in [0.15, 0.2) is 12.1 Å². The number of nitrogens with one attached hydrogen (secondary N) is 1. The van der Waals surface area contributed by atoms with Crippen LogP contribution >= 0.6 is 11.6 Å². The molecule has 1 aliphatic carbocycles. The van der Waals surface area contributed by atoms with E-state index >= 15 is 0 Å². The van der Waals surface area contributed by atoms with E-state index in [-0.39, 0.29) is 5.15 Å². The number of aromatic nitrogens is 1. The highest BCUT2D eigenvalue weighted by Crippen LogP contribution is 2.35. The lowest BCUT2D eigenvalue weighted by Crippen LogP contribution is -2.43. The molecule has 0 aromatic carbocycles. The Balaban J connectivity index is 2.17. The van der Waals surface area contributed by atoms with Crippen molar-refractivity contribution in [1.82, 2.24) is 10.3 Å². The third-order valence-corrected chi connectivity index (χ3v) is 3.32. The van der Waals surface area contributed by atoms with Crippen molar-refractivity contribution < 1.29 is 14.7 Å². The Morgan fingerprint density at radius 1 is 1.47 bits per heavy atom. The van der Waals surface area contributed by atoms with E-state index in [0.717, 1.165) is 18.5 Å². The molecule has 19 heavy (non-hydrogen) atoms. The lowest BCUT2D eigenvalue weighted by atomic mass is 10.1. The fraction of sp³-hybridized carbons (Fsp3) is 0.462. The zero-order valence-corrected chi connectivity index (χ0v) is 11.3. The van der Waals surface area contributed by atoms with Crippen LogP contribution in [0.3, 0.4) is 0 Å². The number of rotatable bonds is 5. The maximum absolute atomic E-state index is 12.1. The van der Waals surface area contributed by atoms with Crippen LogP contribution in [-0.4, -0.2) is 27.5 Å². The average molecular weight is 283 g/mol. The van der Waals surface area contributed by atoms with Crippen LogP contribution in [0.2, 0.25) is 5.15 Å². The van der Waals surface area contributed by atoms with E-state index in [1.165, 1.54) is 6.07 Å². The van der Waals surface area contributed by atoms with Gasteiger partial charge in [0.25, 0.3) is 5.91 Å². The second-order valence-electron chi connectivity index (χ2n) is 4.76. The minimum atomic E-state index is -1.09. The van der Waals surface area contributed by atoms with Crippen molar-refractivity contribution in [3.63, 3.8) is 0 Å². The van der Waals surface area contributed by atoms with Crippen molar-refractivity contribution in [3.8, 4) is 0 Å². The maximum atomic E-state index is 12.1. The third-order valence-electron chi connectivity index (χ3n) is 3.13. The molecule has 0 saturated heterocycles. The quantitative estimate of drug-likeness (QED) is 0.810. The van der Waals surface area contributed by atoms with Gasteiger partial charge in [-0.15, -0.1) is 0 Å². The van der Waals surface area contributed by atoms with Gasteiger partial charge in [-0.3, -0.25) is 4.79 Å². The van der Waals surface area contributed by atoms with Crippen LogP contribution in [0.25, 0.3) is 0 Å². The smallest absolute Gasteiger partial charge is 0.329 e. The van der Waals surface area contributed by atoms with Crippen LogP contribution in [0.4, 0.5) is 0 Å². The lowest BCUT2D eigenvalue weighted by molar-refractivity contribution is -0.140. The number of pyridine rings is 1. The molecular weight excluding hydrogens is 268 g/mol. The van der Waals surface area contributed by atoms with Gasteiger partial charge in [-0.25, -0.2) is 9.78 Å². The first-order chi connectivity index (χ1) is 8.97. The second kappa shape index (κ2) is 5.17. The fourth-order valence-electron chi connectivity index (χ4n) is 1.87. The van der Waals surface area contributed by atoms with E-state index in [0.29, 0.717) is 18.4 Å². The van der Waals surface area contributed by atoms with E-state index < -0.39 is 17.4 Å². The highest BCUT2D eigenvalue weighted by Gasteiger charge is 2.51. The van der Waals surface area contributed by atoms with Gasteiger partial charge in [-0.05, 0) is 31.4 Å². The number of hydrogen-bond acceptors (Lipinski definition) is 3. The molecule has 1 fully saturated rings. The second-order valence-corrected chi connectivity index (χ2v) is 5.15. The Morgan fingerprint density at radius 3 is 2.68 bits per heavy atom. The number of aryl methyl sites for hydroxylation is 1. The fourth-order valence-corrected chi connectivity index (χ4v) is 2.10. The molecule has 0 unspecified atom stereocenters. The summed E-state index contributed by atoms with van der Waals surface area (Å²) in [5.74, 6) is -1.41. The van der Waals surface area contributed by atoms with Crippen LogP contribution in [0.1, 0.15) is 42.2 Å². The SMILES string of the molecule is CCCc1cc(C(=O)NC2(C(=O)O)CC2)cc(Cl)n1. The van der Waals surface area contributed by atoms with Gasteiger partial charge in [0.2, 0.25) is 0 Å². The van der Waals surface area contributed by atoms with Crippen LogP contribution in [-0.2, 0) is 11.2 Å². The highest BCUT2D eigenvalue weighted by atomic mass is 35.5. The van der Waals surface area contributed by atoms with Gasteiger partial charge in [0.05, 0.1) is 0 Å². The lowest BCUT2D eigenvalue weighted by Gasteiger charge is -2.13. The molecule has 0 spiro atoms. The third kappa shape index (κ3) is 3.04. The van der Waals surface area contributed by atoms with Gasteiger partial charge in [-0.1, -0.05) is 24.9 Å². The summed E-state index contributed by atoms with van der Waals surface area (Å²) in [5.41, 5.74) is 0.00823. The topological polar surface area (TPSA) is 79.3 Å².